The molecule has 1 aromatic rings. The Morgan fingerprint density at radius 1 is 1.23 bits per heavy atom. The number of unbranched alkanes of at least 4 members (excludes halogenated alkanes) is 5. The molecule has 0 aliphatic carbocycles. The maximum atomic E-state index is 4.14. The van der Waals surface area contributed by atoms with Crippen LogP contribution in [0, 0.1) is 5.51 Å². The zero-order valence-electron chi connectivity index (χ0n) is 8.38. The lowest BCUT2D eigenvalue weighted by molar-refractivity contribution is 0.605. The molecule has 1 heterocycles. The van der Waals surface area contributed by atoms with E-state index in [1.165, 1.54) is 44.2 Å². The zero-order chi connectivity index (χ0) is 9.36. The van der Waals surface area contributed by atoms with E-state index in [2.05, 4.69) is 22.8 Å². The molecule has 0 unspecified atom stereocenters. The van der Waals surface area contributed by atoms with E-state index in [4.69, 9.17) is 0 Å². The summed E-state index contributed by atoms with van der Waals surface area (Å²) in [4.78, 5) is 4.14. The summed E-state index contributed by atoms with van der Waals surface area (Å²) in [5.41, 5.74) is 4.11. The highest BCUT2D eigenvalue weighted by molar-refractivity contribution is 7.07. The van der Waals surface area contributed by atoms with Crippen molar-refractivity contribution in [3.8, 4) is 0 Å². The van der Waals surface area contributed by atoms with Gasteiger partial charge in [-0.05, 0) is 12.8 Å². The van der Waals surface area contributed by atoms with Crippen LogP contribution in [-0.2, 0) is 6.42 Å². The highest BCUT2D eigenvalue weighted by atomic mass is 32.1. The van der Waals surface area contributed by atoms with Gasteiger partial charge >= 0.3 is 0 Å². The van der Waals surface area contributed by atoms with Crippen molar-refractivity contribution >= 4 is 11.3 Å². The van der Waals surface area contributed by atoms with Crippen molar-refractivity contribution < 1.29 is 0 Å². The molecule has 2 heteroatoms. The minimum atomic E-state index is 1.14. The van der Waals surface area contributed by atoms with Crippen LogP contribution in [0.15, 0.2) is 5.38 Å². The van der Waals surface area contributed by atoms with Crippen molar-refractivity contribution in [1.29, 1.82) is 0 Å². The summed E-state index contributed by atoms with van der Waals surface area (Å²) in [5, 5.41) is 2.10. The first-order valence-corrected chi connectivity index (χ1v) is 6.12. The highest BCUT2D eigenvalue weighted by Gasteiger charge is 1.94. The number of rotatable bonds is 7. The van der Waals surface area contributed by atoms with Crippen molar-refractivity contribution in [2.45, 2.75) is 51.9 Å². The Bertz CT molecular complexity index is 194. The Balaban J connectivity index is 1.90. The van der Waals surface area contributed by atoms with E-state index in [1.807, 2.05) is 0 Å². The molecule has 1 rings (SSSR count). The van der Waals surface area contributed by atoms with Crippen LogP contribution in [0.3, 0.4) is 0 Å². The van der Waals surface area contributed by atoms with Gasteiger partial charge in [0.15, 0.2) is 5.51 Å². The molecule has 0 aliphatic heterocycles. The summed E-state index contributed by atoms with van der Waals surface area (Å²) in [7, 11) is 0. The van der Waals surface area contributed by atoms with Gasteiger partial charge in [0.05, 0.1) is 5.69 Å². The second-order valence-electron chi connectivity index (χ2n) is 3.45. The minimum absolute atomic E-state index is 1.14. The third-order valence-corrected chi connectivity index (χ3v) is 2.81. The lowest BCUT2D eigenvalue weighted by Crippen LogP contribution is -1.85. The van der Waals surface area contributed by atoms with Gasteiger partial charge in [-0.2, -0.15) is 0 Å². The van der Waals surface area contributed by atoms with Crippen LogP contribution in [-0.4, -0.2) is 4.98 Å². The molecule has 0 aromatic carbocycles. The van der Waals surface area contributed by atoms with E-state index >= 15 is 0 Å². The second-order valence-corrected chi connectivity index (χ2v) is 4.10. The Morgan fingerprint density at radius 2 is 2.00 bits per heavy atom. The van der Waals surface area contributed by atoms with Gasteiger partial charge in [-0.1, -0.05) is 39.0 Å². The first-order valence-electron chi connectivity index (χ1n) is 5.24. The Hall–Kier alpha value is -0.370. The number of hydrogen-bond donors (Lipinski definition) is 0. The quantitative estimate of drug-likeness (QED) is 0.604. The van der Waals surface area contributed by atoms with Gasteiger partial charge in [-0.3, -0.25) is 0 Å². The maximum Gasteiger partial charge on any atom is 0.152 e. The van der Waals surface area contributed by atoms with E-state index in [0.29, 0.717) is 0 Å². The molecule has 1 aromatic heterocycles. The molecule has 1 radical (unpaired) electrons. The van der Waals surface area contributed by atoms with Crippen LogP contribution >= 0.6 is 11.3 Å². The van der Waals surface area contributed by atoms with E-state index in [9.17, 15) is 0 Å². The van der Waals surface area contributed by atoms with Gasteiger partial charge in [0, 0.05) is 5.38 Å². The summed E-state index contributed by atoms with van der Waals surface area (Å²) in [6.07, 6.45) is 9.32. The monoisotopic (exact) mass is 196 g/mol. The SMILES string of the molecule is CCCCCCCCc1cs[c]n1. The van der Waals surface area contributed by atoms with Crippen LogP contribution < -0.4 is 0 Å². The van der Waals surface area contributed by atoms with Gasteiger partial charge in [0.25, 0.3) is 0 Å². The third-order valence-electron chi connectivity index (χ3n) is 2.22. The fourth-order valence-corrected chi connectivity index (χ4v) is 1.94. The van der Waals surface area contributed by atoms with Gasteiger partial charge in [-0.15, -0.1) is 11.3 Å². The molecule has 0 saturated heterocycles. The van der Waals surface area contributed by atoms with Gasteiger partial charge in [0.1, 0.15) is 0 Å². The summed E-state index contributed by atoms with van der Waals surface area (Å²) in [6, 6.07) is 0. The molecule has 0 amide bonds. The molecule has 73 valence electrons. The van der Waals surface area contributed by atoms with Crippen LogP contribution in [0.25, 0.3) is 0 Å². The van der Waals surface area contributed by atoms with Crippen LogP contribution in [0.5, 0.6) is 0 Å². The largest absolute Gasteiger partial charge is 0.239 e. The smallest absolute Gasteiger partial charge is 0.152 e. The van der Waals surface area contributed by atoms with Crippen molar-refractivity contribution in [3.05, 3.63) is 16.6 Å². The summed E-state index contributed by atoms with van der Waals surface area (Å²) >= 11 is 1.58. The third kappa shape index (κ3) is 5.04. The van der Waals surface area contributed by atoms with Crippen molar-refractivity contribution in [1.82, 2.24) is 4.98 Å². The van der Waals surface area contributed by atoms with Crippen molar-refractivity contribution in [2.75, 3.05) is 0 Å². The number of aromatic nitrogens is 1. The molecular formula is C11H18NS. The highest BCUT2D eigenvalue weighted by Crippen LogP contribution is 2.09. The van der Waals surface area contributed by atoms with Crippen LogP contribution in [0.4, 0.5) is 0 Å². The molecule has 1 nitrogen and oxygen atoms in total. The van der Waals surface area contributed by atoms with E-state index in [1.54, 1.807) is 11.3 Å². The zero-order valence-corrected chi connectivity index (χ0v) is 9.20. The normalized spacial score (nSPS) is 10.5. The number of aryl methyl sites for hydroxylation is 1. The van der Waals surface area contributed by atoms with Gasteiger partial charge < -0.3 is 0 Å². The van der Waals surface area contributed by atoms with E-state index in [-0.39, 0.29) is 0 Å². The Kier molecular flexibility index (Phi) is 5.83. The standard InChI is InChI=1S/C11H18NS/c1-2-3-4-5-6-7-8-11-9-13-10-12-11/h9H,2-8H2,1H3. The molecule has 0 aliphatic rings. The predicted octanol–water partition coefficient (Wildman–Crippen LogP) is 3.85. The van der Waals surface area contributed by atoms with Gasteiger partial charge in [0.2, 0.25) is 0 Å². The van der Waals surface area contributed by atoms with E-state index in [0.717, 1.165) is 6.42 Å². The molecule has 0 bridgehead atoms. The second kappa shape index (κ2) is 7.07. The molecule has 13 heavy (non-hydrogen) atoms. The number of nitrogens with zero attached hydrogens (tertiary/aromatic N) is 1. The Morgan fingerprint density at radius 3 is 2.69 bits per heavy atom. The summed E-state index contributed by atoms with van der Waals surface area (Å²) < 4.78 is 0. The molecule has 0 saturated carbocycles. The topological polar surface area (TPSA) is 12.9 Å². The fourth-order valence-electron chi connectivity index (χ4n) is 1.41. The molecule has 0 fully saturated rings. The molecule has 0 spiro atoms. The van der Waals surface area contributed by atoms with Crippen LogP contribution in [0.1, 0.15) is 51.1 Å². The number of thiazole rings is 1. The predicted molar refractivity (Wildman–Crippen MR) is 58.0 cm³/mol. The van der Waals surface area contributed by atoms with Gasteiger partial charge in [-0.25, -0.2) is 4.98 Å². The first kappa shape index (κ1) is 10.7. The first-order chi connectivity index (χ1) is 6.43. The van der Waals surface area contributed by atoms with E-state index < -0.39 is 0 Å². The number of hydrogen-bond acceptors (Lipinski definition) is 2. The molecule has 0 atom stereocenters. The fraction of sp³-hybridized carbons (Fsp3) is 0.727. The molecular weight excluding hydrogens is 178 g/mol. The van der Waals surface area contributed by atoms with Crippen molar-refractivity contribution in [3.63, 3.8) is 0 Å². The summed E-state index contributed by atoms with van der Waals surface area (Å²) in [6.45, 7) is 2.26. The van der Waals surface area contributed by atoms with Crippen LogP contribution in [0.2, 0.25) is 0 Å². The average molecular weight is 196 g/mol. The minimum Gasteiger partial charge on any atom is -0.239 e. The van der Waals surface area contributed by atoms with Crippen molar-refractivity contribution in [2.24, 2.45) is 0 Å². The molecule has 0 N–H and O–H groups in total. The lowest BCUT2D eigenvalue weighted by atomic mass is 10.1. The summed E-state index contributed by atoms with van der Waals surface area (Å²) in [5.74, 6) is 0. The lowest BCUT2D eigenvalue weighted by Gasteiger charge is -1.98. The maximum absolute atomic E-state index is 4.14. The Labute approximate surface area is 85.2 Å². The average Bonchev–Trinajstić information content (AvgIpc) is 2.63.